The average Bonchev–Trinajstić information content (AvgIpc) is 3.37. The van der Waals surface area contributed by atoms with Crippen molar-refractivity contribution < 1.29 is 17.6 Å². The molecule has 0 radical (unpaired) electrons. The molecule has 1 unspecified atom stereocenters. The Morgan fingerprint density at radius 2 is 2.03 bits per heavy atom. The van der Waals surface area contributed by atoms with Crippen LogP contribution >= 0.6 is 34.5 Å². The summed E-state index contributed by atoms with van der Waals surface area (Å²) < 4.78 is 33.2. The van der Waals surface area contributed by atoms with Crippen molar-refractivity contribution in [3.63, 3.8) is 0 Å². The Morgan fingerprint density at radius 1 is 1.20 bits per heavy atom. The summed E-state index contributed by atoms with van der Waals surface area (Å²) in [5, 5.41) is 10.8. The van der Waals surface area contributed by atoms with E-state index in [1.807, 2.05) is 0 Å². The Bertz CT molecular complexity index is 1180. The maximum atomic E-state index is 13.0. The monoisotopic (exact) mass is 486 g/mol. The van der Waals surface area contributed by atoms with Gasteiger partial charge >= 0.3 is 6.01 Å². The van der Waals surface area contributed by atoms with E-state index in [2.05, 4.69) is 15.5 Å². The minimum atomic E-state index is -3.84. The fourth-order valence-electron chi connectivity index (χ4n) is 3.21. The number of thiophene rings is 1. The Balaban J connectivity index is 1.53. The highest BCUT2D eigenvalue weighted by Gasteiger charge is 2.38. The third-order valence-corrected chi connectivity index (χ3v) is 8.44. The van der Waals surface area contributed by atoms with Crippen LogP contribution < -0.4 is 5.32 Å². The first-order valence-electron chi connectivity index (χ1n) is 9.02. The smallest absolute Gasteiger partial charge is 0.322 e. The number of piperidine rings is 1. The molecule has 0 spiro atoms. The van der Waals surface area contributed by atoms with Crippen LogP contribution in [0.25, 0.3) is 11.5 Å². The number of anilines is 1. The highest BCUT2D eigenvalue weighted by Crippen LogP contribution is 2.32. The van der Waals surface area contributed by atoms with E-state index in [9.17, 15) is 13.2 Å². The van der Waals surface area contributed by atoms with Crippen molar-refractivity contribution in [2.75, 3.05) is 11.9 Å². The number of nitrogens with one attached hydrogen (secondary N) is 1. The Labute approximate surface area is 186 Å². The quantitative estimate of drug-likeness (QED) is 0.576. The second kappa shape index (κ2) is 8.64. The van der Waals surface area contributed by atoms with E-state index in [1.54, 1.807) is 24.3 Å². The van der Waals surface area contributed by atoms with Gasteiger partial charge in [-0.3, -0.25) is 10.1 Å². The molecule has 1 aliphatic heterocycles. The van der Waals surface area contributed by atoms with E-state index < -0.39 is 22.0 Å². The Hall–Kier alpha value is -1.98. The first-order chi connectivity index (χ1) is 14.3. The number of rotatable bonds is 5. The van der Waals surface area contributed by atoms with E-state index in [0.29, 0.717) is 27.8 Å². The minimum absolute atomic E-state index is 0.105. The number of nitrogens with zero attached hydrogens (tertiary/aromatic N) is 3. The number of amides is 1. The van der Waals surface area contributed by atoms with Crippen LogP contribution in [-0.4, -0.2) is 41.4 Å². The van der Waals surface area contributed by atoms with E-state index >= 15 is 0 Å². The second-order valence-electron chi connectivity index (χ2n) is 6.60. The van der Waals surface area contributed by atoms with Crippen molar-refractivity contribution >= 4 is 56.5 Å². The van der Waals surface area contributed by atoms with E-state index in [1.165, 1.54) is 16.4 Å². The largest absolute Gasteiger partial charge is 0.403 e. The molecule has 0 bridgehead atoms. The van der Waals surface area contributed by atoms with Crippen LogP contribution in [0.1, 0.15) is 19.3 Å². The highest BCUT2D eigenvalue weighted by atomic mass is 35.5. The summed E-state index contributed by atoms with van der Waals surface area (Å²) in [5.74, 6) is -0.337. The lowest BCUT2D eigenvalue weighted by Crippen LogP contribution is -2.49. The maximum absolute atomic E-state index is 13.0. The number of hydrogen-bond donors (Lipinski definition) is 1. The Morgan fingerprint density at radius 3 is 2.77 bits per heavy atom. The lowest BCUT2D eigenvalue weighted by Gasteiger charge is -2.32. The number of carbonyl (C=O) groups excluding carboxylic acids is 1. The van der Waals surface area contributed by atoms with Gasteiger partial charge < -0.3 is 4.42 Å². The van der Waals surface area contributed by atoms with Gasteiger partial charge in [-0.1, -0.05) is 40.8 Å². The van der Waals surface area contributed by atoms with Gasteiger partial charge in [0.05, 0.1) is 4.34 Å². The molecule has 0 aliphatic carbocycles. The molecule has 1 N–H and O–H groups in total. The molecule has 1 atom stereocenters. The molecular weight excluding hydrogens is 471 g/mol. The normalized spacial score (nSPS) is 17.7. The highest BCUT2D eigenvalue weighted by molar-refractivity contribution is 7.91. The zero-order valence-corrected chi connectivity index (χ0v) is 18.6. The molecule has 0 saturated carbocycles. The number of aromatic nitrogens is 2. The van der Waals surface area contributed by atoms with Gasteiger partial charge in [-0.05, 0) is 43.2 Å². The molecule has 3 aromatic rings. The molecule has 1 fully saturated rings. The van der Waals surface area contributed by atoms with Gasteiger partial charge in [0.15, 0.2) is 0 Å². The van der Waals surface area contributed by atoms with Gasteiger partial charge in [-0.2, -0.15) is 4.31 Å². The Kier molecular flexibility index (Phi) is 6.12. The fraction of sp³-hybridized carbons (Fsp3) is 0.278. The van der Waals surface area contributed by atoms with Gasteiger partial charge in [-0.25, -0.2) is 8.42 Å². The summed E-state index contributed by atoms with van der Waals surface area (Å²) in [6.07, 6.45) is 1.79. The lowest BCUT2D eigenvalue weighted by molar-refractivity contribution is -0.120. The third-order valence-electron chi connectivity index (χ3n) is 4.59. The first kappa shape index (κ1) is 21.3. The zero-order chi connectivity index (χ0) is 21.3. The number of sulfonamides is 1. The molecule has 30 heavy (non-hydrogen) atoms. The second-order valence-corrected chi connectivity index (χ2v) is 10.9. The van der Waals surface area contributed by atoms with Crippen LogP contribution in [0.5, 0.6) is 0 Å². The molecule has 1 amide bonds. The van der Waals surface area contributed by atoms with Gasteiger partial charge in [0, 0.05) is 17.1 Å². The SMILES string of the molecule is O=C(Nc1nnc(-c2cccc(Cl)c2)o1)C1CCCCN1S(=O)(=O)c1ccc(Cl)s1. The topological polar surface area (TPSA) is 105 Å². The van der Waals surface area contributed by atoms with Crippen LogP contribution in [0.3, 0.4) is 0 Å². The standard InChI is InChI=1S/C18H16Cl2N4O4S2/c19-12-5-3-4-11(10-12)17-22-23-18(28-17)21-16(25)13-6-1-2-9-24(13)30(26,27)15-8-7-14(20)29-15/h3-5,7-8,10,13H,1-2,6,9H2,(H,21,23,25). The molecule has 1 aliphatic rings. The predicted octanol–water partition coefficient (Wildman–Crippen LogP) is 4.29. The van der Waals surface area contributed by atoms with Crippen LogP contribution in [0.15, 0.2) is 45.0 Å². The van der Waals surface area contributed by atoms with E-state index in [4.69, 9.17) is 27.6 Å². The minimum Gasteiger partial charge on any atom is -0.403 e. The van der Waals surface area contributed by atoms with E-state index in [0.717, 1.165) is 17.8 Å². The molecule has 3 heterocycles. The van der Waals surface area contributed by atoms with Gasteiger partial charge in [-0.15, -0.1) is 16.4 Å². The van der Waals surface area contributed by atoms with Crippen LogP contribution in [-0.2, 0) is 14.8 Å². The van der Waals surface area contributed by atoms with Crippen LogP contribution in [0.4, 0.5) is 6.01 Å². The molecule has 158 valence electrons. The zero-order valence-electron chi connectivity index (χ0n) is 15.4. The first-order valence-corrected chi connectivity index (χ1v) is 12.0. The van der Waals surface area contributed by atoms with Crippen molar-refractivity contribution in [3.8, 4) is 11.5 Å². The number of benzene rings is 1. The molecule has 12 heteroatoms. The molecule has 1 aromatic carbocycles. The summed E-state index contributed by atoms with van der Waals surface area (Å²) in [7, 11) is -3.84. The lowest BCUT2D eigenvalue weighted by atomic mass is 10.0. The number of halogens is 2. The summed E-state index contributed by atoms with van der Waals surface area (Å²) in [6, 6.07) is 8.82. The number of hydrogen-bond acceptors (Lipinski definition) is 7. The van der Waals surface area contributed by atoms with Crippen LogP contribution in [0, 0.1) is 0 Å². The van der Waals surface area contributed by atoms with Crippen molar-refractivity contribution in [1.29, 1.82) is 0 Å². The van der Waals surface area contributed by atoms with Crippen LogP contribution in [0.2, 0.25) is 9.36 Å². The van der Waals surface area contributed by atoms with Crippen molar-refractivity contribution in [1.82, 2.24) is 14.5 Å². The molecule has 1 saturated heterocycles. The van der Waals surface area contributed by atoms with Crippen molar-refractivity contribution in [2.24, 2.45) is 0 Å². The molecular formula is C18H16Cl2N4O4S2. The molecule has 2 aromatic heterocycles. The van der Waals surface area contributed by atoms with E-state index in [-0.39, 0.29) is 22.7 Å². The van der Waals surface area contributed by atoms with Gasteiger partial charge in [0.25, 0.3) is 10.0 Å². The number of carbonyl (C=O) groups is 1. The third kappa shape index (κ3) is 4.37. The van der Waals surface area contributed by atoms with Gasteiger partial charge in [0.1, 0.15) is 10.3 Å². The molecule has 8 nitrogen and oxygen atoms in total. The van der Waals surface area contributed by atoms with Crippen molar-refractivity contribution in [3.05, 3.63) is 45.8 Å². The van der Waals surface area contributed by atoms with Crippen molar-refractivity contribution in [2.45, 2.75) is 29.5 Å². The summed E-state index contributed by atoms with van der Waals surface area (Å²) in [5.41, 5.74) is 0.604. The van der Waals surface area contributed by atoms with Gasteiger partial charge in [0.2, 0.25) is 11.8 Å². The summed E-state index contributed by atoms with van der Waals surface area (Å²) in [4.78, 5) is 12.9. The summed E-state index contributed by atoms with van der Waals surface area (Å²) in [6.45, 7) is 0.244. The fourth-order valence-corrected chi connectivity index (χ4v) is 6.67. The maximum Gasteiger partial charge on any atom is 0.322 e. The summed E-state index contributed by atoms with van der Waals surface area (Å²) >= 11 is 12.8. The molecule has 4 rings (SSSR count). The average molecular weight is 487 g/mol. The predicted molar refractivity (Wildman–Crippen MR) is 114 cm³/mol.